The molecule has 2 unspecified atom stereocenters. The molecule has 0 aromatic heterocycles. The molecule has 2 amide bonds. The number of hydrogen-bond acceptors (Lipinski definition) is 4. The summed E-state index contributed by atoms with van der Waals surface area (Å²) in [5.74, 6) is 2.80. The van der Waals surface area contributed by atoms with E-state index in [0.717, 1.165) is 83.0 Å². The largest absolute Gasteiger partial charge is 0.342 e. The van der Waals surface area contributed by atoms with Gasteiger partial charge < -0.3 is 9.80 Å². The van der Waals surface area contributed by atoms with Gasteiger partial charge in [-0.2, -0.15) is 0 Å². The van der Waals surface area contributed by atoms with Gasteiger partial charge in [0.25, 0.3) is 0 Å². The average Bonchev–Trinajstić information content (AvgIpc) is 3.44. The smallest absolute Gasteiger partial charge is 0.229 e. The molecule has 0 bridgehead atoms. The van der Waals surface area contributed by atoms with Crippen LogP contribution in [0.1, 0.15) is 95.5 Å². The van der Waals surface area contributed by atoms with Crippen LogP contribution in [0.5, 0.6) is 0 Å². The fourth-order valence-electron chi connectivity index (χ4n) is 8.61. The summed E-state index contributed by atoms with van der Waals surface area (Å²) >= 11 is 0. The standard InChI is InChI=1S/C36H50N2O4S/c1-43(41,42)32-17-15-28(16-18-32)24-37-23-22-36(35(37)40)20-7-9-27(19-21-36)8-5-14-31-25-38(34(39)30-12-6-13-30)26-33(31)29-10-3-2-4-11-29/h2-3,10,15-18,27,30-31,33H,4-9,11-14,19-26H2,1H3/t27?,31-,33+,36?/m0/s1. The fraction of sp³-hybridized carbons (Fsp3) is 0.667. The molecule has 234 valence electrons. The first-order chi connectivity index (χ1) is 20.7. The number of amides is 2. The van der Waals surface area contributed by atoms with E-state index in [2.05, 4.69) is 23.1 Å². The molecule has 1 aromatic rings. The van der Waals surface area contributed by atoms with Crippen LogP contribution in [0.2, 0.25) is 0 Å². The Morgan fingerprint density at radius 1 is 0.977 bits per heavy atom. The van der Waals surface area contributed by atoms with E-state index in [0.29, 0.717) is 41.0 Å². The zero-order chi connectivity index (χ0) is 30.0. The minimum Gasteiger partial charge on any atom is -0.342 e. The number of sulfone groups is 1. The molecule has 6 rings (SSSR count). The molecule has 1 spiro atoms. The molecule has 6 nitrogen and oxygen atoms in total. The molecule has 43 heavy (non-hydrogen) atoms. The first-order valence-electron chi connectivity index (χ1n) is 16.9. The van der Waals surface area contributed by atoms with E-state index in [4.69, 9.17) is 0 Å². The van der Waals surface area contributed by atoms with E-state index < -0.39 is 9.84 Å². The maximum absolute atomic E-state index is 13.7. The Labute approximate surface area is 258 Å². The van der Waals surface area contributed by atoms with Gasteiger partial charge in [-0.05, 0) is 87.3 Å². The number of rotatable bonds is 9. The second-order valence-corrected chi connectivity index (χ2v) is 16.4. The van der Waals surface area contributed by atoms with Crippen LogP contribution in [0.3, 0.4) is 0 Å². The second kappa shape index (κ2) is 12.9. The third kappa shape index (κ3) is 6.82. The van der Waals surface area contributed by atoms with E-state index in [1.54, 1.807) is 17.7 Å². The molecule has 2 saturated carbocycles. The Kier molecular flexibility index (Phi) is 9.19. The first-order valence-corrected chi connectivity index (χ1v) is 18.8. The third-order valence-corrected chi connectivity index (χ3v) is 12.7. The summed E-state index contributed by atoms with van der Waals surface area (Å²) in [5, 5.41) is 0. The maximum atomic E-state index is 13.7. The Hall–Kier alpha value is -2.41. The molecule has 5 aliphatic rings. The predicted molar refractivity (Wildman–Crippen MR) is 170 cm³/mol. The van der Waals surface area contributed by atoms with Gasteiger partial charge in [-0.15, -0.1) is 0 Å². The molecule has 1 aromatic carbocycles. The summed E-state index contributed by atoms with van der Waals surface area (Å²) in [5.41, 5.74) is 2.34. The van der Waals surface area contributed by atoms with Crippen molar-refractivity contribution in [1.29, 1.82) is 0 Å². The van der Waals surface area contributed by atoms with Crippen molar-refractivity contribution in [1.82, 2.24) is 9.80 Å². The minimum atomic E-state index is -3.22. The molecule has 2 heterocycles. The lowest BCUT2D eigenvalue weighted by Gasteiger charge is -2.29. The van der Waals surface area contributed by atoms with Crippen molar-refractivity contribution in [3.8, 4) is 0 Å². The van der Waals surface area contributed by atoms with Gasteiger partial charge in [0.1, 0.15) is 0 Å². The van der Waals surface area contributed by atoms with E-state index in [1.807, 2.05) is 17.0 Å². The summed E-state index contributed by atoms with van der Waals surface area (Å²) in [4.78, 5) is 31.4. The van der Waals surface area contributed by atoms with Gasteiger partial charge in [-0.3, -0.25) is 9.59 Å². The lowest BCUT2D eigenvalue weighted by molar-refractivity contribution is -0.138. The van der Waals surface area contributed by atoms with Gasteiger partial charge in [0, 0.05) is 44.3 Å². The monoisotopic (exact) mass is 606 g/mol. The number of allylic oxidation sites excluding steroid dienone is 3. The van der Waals surface area contributed by atoms with Gasteiger partial charge in [-0.1, -0.05) is 68.0 Å². The van der Waals surface area contributed by atoms with Crippen molar-refractivity contribution in [2.45, 2.75) is 101 Å². The molecule has 0 radical (unpaired) electrons. The molecule has 2 saturated heterocycles. The Balaban J connectivity index is 1.00. The number of likely N-dealkylation sites (tertiary alicyclic amines) is 2. The van der Waals surface area contributed by atoms with Gasteiger partial charge in [0.15, 0.2) is 9.84 Å². The number of benzene rings is 1. The van der Waals surface area contributed by atoms with Crippen molar-refractivity contribution >= 4 is 21.7 Å². The van der Waals surface area contributed by atoms with Crippen molar-refractivity contribution in [3.05, 3.63) is 53.6 Å². The lowest BCUT2D eigenvalue weighted by atomic mass is 9.78. The van der Waals surface area contributed by atoms with Gasteiger partial charge in [0.05, 0.1) is 10.3 Å². The van der Waals surface area contributed by atoms with Crippen molar-refractivity contribution in [2.24, 2.45) is 29.1 Å². The van der Waals surface area contributed by atoms with Crippen molar-refractivity contribution in [2.75, 3.05) is 25.9 Å². The summed E-state index contributed by atoms with van der Waals surface area (Å²) < 4.78 is 23.6. The Bertz CT molecular complexity index is 1350. The SMILES string of the molecule is CS(=O)(=O)c1ccc(CN2CCC3(CCCC(CCC[C@H]4CN(C(=O)C5CCC5)C[C@@H]4C4=CC=CCC4)CC3)C2=O)cc1. The molecule has 4 fully saturated rings. The normalized spacial score (nSPS) is 30.0. The van der Waals surface area contributed by atoms with Crippen LogP contribution >= 0.6 is 0 Å². The van der Waals surface area contributed by atoms with Crippen molar-refractivity contribution < 1.29 is 18.0 Å². The number of carbonyl (C=O) groups excluding carboxylic acids is 2. The Morgan fingerprint density at radius 2 is 1.79 bits per heavy atom. The van der Waals surface area contributed by atoms with Gasteiger partial charge in [0.2, 0.25) is 11.8 Å². The third-order valence-electron chi connectivity index (χ3n) is 11.5. The van der Waals surface area contributed by atoms with Crippen LogP contribution in [0, 0.1) is 29.1 Å². The maximum Gasteiger partial charge on any atom is 0.229 e. The molecular weight excluding hydrogens is 556 g/mol. The van der Waals surface area contributed by atoms with Crippen LogP contribution in [0.25, 0.3) is 0 Å². The number of carbonyl (C=O) groups is 2. The van der Waals surface area contributed by atoms with E-state index in [9.17, 15) is 18.0 Å². The molecule has 7 heteroatoms. The zero-order valence-corrected chi connectivity index (χ0v) is 26.8. The highest BCUT2D eigenvalue weighted by molar-refractivity contribution is 7.90. The summed E-state index contributed by atoms with van der Waals surface area (Å²) in [6.07, 6.45) is 23.7. The molecular formula is C36H50N2O4S. The number of nitrogens with zero attached hydrogens (tertiary/aromatic N) is 2. The molecule has 0 N–H and O–H groups in total. The van der Waals surface area contributed by atoms with Gasteiger partial charge >= 0.3 is 0 Å². The number of hydrogen-bond donors (Lipinski definition) is 0. The quantitative estimate of drug-likeness (QED) is 0.313. The van der Waals surface area contributed by atoms with E-state index in [-0.39, 0.29) is 11.3 Å². The van der Waals surface area contributed by atoms with Gasteiger partial charge in [-0.25, -0.2) is 8.42 Å². The van der Waals surface area contributed by atoms with Crippen molar-refractivity contribution in [3.63, 3.8) is 0 Å². The van der Waals surface area contributed by atoms with Crippen LogP contribution in [0.4, 0.5) is 0 Å². The minimum absolute atomic E-state index is 0.207. The van der Waals surface area contributed by atoms with E-state index >= 15 is 0 Å². The topological polar surface area (TPSA) is 74.8 Å². The highest BCUT2D eigenvalue weighted by Crippen LogP contribution is 2.46. The van der Waals surface area contributed by atoms with E-state index in [1.165, 1.54) is 38.4 Å². The summed E-state index contributed by atoms with van der Waals surface area (Å²) in [7, 11) is -3.22. The predicted octanol–water partition coefficient (Wildman–Crippen LogP) is 6.71. The van der Waals surface area contributed by atoms with Crippen LogP contribution < -0.4 is 0 Å². The summed E-state index contributed by atoms with van der Waals surface area (Å²) in [6.45, 7) is 3.22. The van der Waals surface area contributed by atoms with Crippen LogP contribution in [0.15, 0.2) is 53.0 Å². The highest BCUT2D eigenvalue weighted by Gasteiger charge is 2.47. The highest BCUT2D eigenvalue weighted by atomic mass is 32.2. The molecule has 2 aliphatic heterocycles. The lowest BCUT2D eigenvalue weighted by Crippen LogP contribution is -2.37. The average molecular weight is 607 g/mol. The molecule has 4 atom stereocenters. The van der Waals surface area contributed by atoms with Crippen LogP contribution in [-0.4, -0.2) is 55.9 Å². The fourth-order valence-corrected chi connectivity index (χ4v) is 9.24. The summed E-state index contributed by atoms with van der Waals surface area (Å²) in [6, 6.07) is 6.99. The Morgan fingerprint density at radius 3 is 2.49 bits per heavy atom. The second-order valence-electron chi connectivity index (χ2n) is 14.3. The molecule has 3 aliphatic carbocycles. The zero-order valence-electron chi connectivity index (χ0n) is 26.0. The first kappa shape index (κ1) is 30.6. The van der Waals surface area contributed by atoms with Crippen LogP contribution in [-0.2, 0) is 26.0 Å².